The van der Waals surface area contributed by atoms with Crippen LogP contribution in [0, 0.1) is 0 Å². The van der Waals surface area contributed by atoms with Gasteiger partial charge >= 0.3 is 11.9 Å². The van der Waals surface area contributed by atoms with Crippen LogP contribution in [-0.2, 0) is 19.1 Å². The molecular weight excluding hydrogens is 458 g/mol. The van der Waals surface area contributed by atoms with E-state index in [9.17, 15) is 14.4 Å². The molecule has 2 rings (SSSR count). The van der Waals surface area contributed by atoms with Gasteiger partial charge in [0.15, 0.2) is 23.3 Å². The first-order valence-corrected chi connectivity index (χ1v) is 9.07. The SMILES string of the molecule is COC(=O)/C=C1/S/C(=N\N=Cc2cc(Br)cc(OC)c2OCC(=O)O)NC1=O. The number of carboxylic acid groups (broad SMARTS) is 1. The predicted octanol–water partition coefficient (Wildman–Crippen LogP) is 1.53. The summed E-state index contributed by atoms with van der Waals surface area (Å²) in [5, 5.41) is 19.2. The van der Waals surface area contributed by atoms with E-state index >= 15 is 0 Å². The van der Waals surface area contributed by atoms with Gasteiger partial charge in [0, 0.05) is 16.1 Å². The molecule has 1 aromatic carbocycles. The molecule has 0 bridgehead atoms. The highest BCUT2D eigenvalue weighted by Gasteiger charge is 2.25. The van der Waals surface area contributed by atoms with Gasteiger partial charge in [0.1, 0.15) is 0 Å². The Morgan fingerprint density at radius 1 is 1.36 bits per heavy atom. The maximum Gasteiger partial charge on any atom is 0.341 e. The zero-order chi connectivity index (χ0) is 20.7. The molecule has 0 spiro atoms. The molecule has 12 heteroatoms. The summed E-state index contributed by atoms with van der Waals surface area (Å²) >= 11 is 4.23. The number of nitrogens with zero attached hydrogens (tertiary/aromatic N) is 2. The minimum Gasteiger partial charge on any atom is -0.493 e. The summed E-state index contributed by atoms with van der Waals surface area (Å²) in [7, 11) is 2.61. The van der Waals surface area contributed by atoms with Crippen molar-refractivity contribution in [3.63, 3.8) is 0 Å². The highest BCUT2D eigenvalue weighted by Crippen LogP contribution is 2.34. The lowest BCUT2D eigenvalue weighted by Gasteiger charge is -2.12. The fraction of sp³-hybridized carbons (Fsp3) is 0.188. The lowest BCUT2D eigenvalue weighted by molar-refractivity contribution is -0.139. The summed E-state index contributed by atoms with van der Waals surface area (Å²) in [6.07, 6.45) is 2.36. The van der Waals surface area contributed by atoms with Crippen LogP contribution in [0.25, 0.3) is 0 Å². The molecule has 1 aliphatic heterocycles. The maximum absolute atomic E-state index is 11.8. The van der Waals surface area contributed by atoms with Gasteiger partial charge in [-0.2, -0.15) is 5.10 Å². The molecule has 2 N–H and O–H groups in total. The van der Waals surface area contributed by atoms with Gasteiger partial charge < -0.3 is 19.3 Å². The fourth-order valence-corrected chi connectivity index (χ4v) is 3.10. The molecule has 0 aromatic heterocycles. The van der Waals surface area contributed by atoms with E-state index in [1.54, 1.807) is 12.1 Å². The molecule has 0 atom stereocenters. The van der Waals surface area contributed by atoms with Gasteiger partial charge in [-0.05, 0) is 23.9 Å². The van der Waals surface area contributed by atoms with Crippen molar-refractivity contribution < 1.29 is 33.7 Å². The highest BCUT2D eigenvalue weighted by molar-refractivity contribution is 9.10. The number of nitrogens with one attached hydrogen (secondary N) is 1. The first kappa shape index (κ1) is 21.4. The molecule has 0 radical (unpaired) electrons. The number of ether oxygens (including phenoxy) is 3. The maximum atomic E-state index is 11.8. The van der Waals surface area contributed by atoms with Gasteiger partial charge in [-0.25, -0.2) is 9.59 Å². The Morgan fingerprint density at radius 2 is 2.11 bits per heavy atom. The summed E-state index contributed by atoms with van der Waals surface area (Å²) in [5.74, 6) is -1.84. The van der Waals surface area contributed by atoms with Crippen molar-refractivity contribution in [1.29, 1.82) is 0 Å². The molecule has 0 aliphatic carbocycles. The van der Waals surface area contributed by atoms with Crippen molar-refractivity contribution in [2.75, 3.05) is 20.8 Å². The topological polar surface area (TPSA) is 136 Å². The van der Waals surface area contributed by atoms with Gasteiger partial charge in [0.2, 0.25) is 0 Å². The third-order valence-electron chi connectivity index (χ3n) is 3.05. The normalized spacial score (nSPS) is 16.5. The lowest BCUT2D eigenvalue weighted by Crippen LogP contribution is -2.19. The van der Waals surface area contributed by atoms with E-state index in [1.807, 2.05) is 0 Å². The van der Waals surface area contributed by atoms with E-state index in [1.165, 1.54) is 20.4 Å². The number of halogens is 1. The van der Waals surface area contributed by atoms with Gasteiger partial charge in [0.25, 0.3) is 5.91 Å². The number of carbonyl (C=O) groups excluding carboxylic acids is 2. The average molecular weight is 472 g/mol. The predicted molar refractivity (Wildman–Crippen MR) is 105 cm³/mol. The smallest absolute Gasteiger partial charge is 0.341 e. The Balaban J connectivity index is 2.24. The van der Waals surface area contributed by atoms with Crippen LogP contribution in [0.15, 0.2) is 37.8 Å². The minimum absolute atomic E-state index is 0.121. The lowest BCUT2D eigenvalue weighted by atomic mass is 10.2. The van der Waals surface area contributed by atoms with Crippen LogP contribution in [-0.4, -0.2) is 55.2 Å². The average Bonchev–Trinajstić information content (AvgIpc) is 2.99. The van der Waals surface area contributed by atoms with Crippen molar-refractivity contribution in [3.8, 4) is 11.5 Å². The van der Waals surface area contributed by atoms with Crippen molar-refractivity contribution in [3.05, 3.63) is 33.2 Å². The first-order chi connectivity index (χ1) is 13.3. The summed E-state index contributed by atoms with van der Waals surface area (Å²) in [4.78, 5) is 33.9. The van der Waals surface area contributed by atoms with E-state index in [0.29, 0.717) is 15.8 Å². The molecule has 1 heterocycles. The number of hydrogen-bond acceptors (Lipinski definition) is 9. The van der Waals surface area contributed by atoms with E-state index in [2.05, 4.69) is 36.2 Å². The number of rotatable bonds is 7. The largest absolute Gasteiger partial charge is 0.493 e. The Labute approximate surface area is 171 Å². The Morgan fingerprint density at radius 3 is 2.75 bits per heavy atom. The standard InChI is InChI=1S/C16H14BrN3O7S/c1-25-10-4-9(17)3-8(14(10)27-7-12(21)22)6-18-20-16-19-15(24)11(28-16)5-13(23)26-2/h3-6H,7H2,1-2H3,(H,21,22)(H,19,20,24)/b11-5+,18-6?. The number of carbonyl (C=O) groups is 3. The van der Waals surface area contributed by atoms with Gasteiger partial charge in [0.05, 0.1) is 25.3 Å². The number of aliphatic carboxylic acids is 1. The van der Waals surface area contributed by atoms with Crippen LogP contribution in [0.3, 0.4) is 0 Å². The molecule has 10 nitrogen and oxygen atoms in total. The number of benzene rings is 1. The second kappa shape index (κ2) is 9.90. The molecule has 0 unspecified atom stereocenters. The third kappa shape index (κ3) is 5.82. The second-order valence-corrected chi connectivity index (χ2v) is 6.89. The molecule has 1 amide bonds. The quantitative estimate of drug-likeness (QED) is 0.264. The van der Waals surface area contributed by atoms with Crippen molar-refractivity contribution >= 4 is 56.9 Å². The van der Waals surface area contributed by atoms with Gasteiger partial charge in [-0.1, -0.05) is 15.9 Å². The van der Waals surface area contributed by atoms with Crippen molar-refractivity contribution in [2.45, 2.75) is 0 Å². The second-order valence-electron chi connectivity index (χ2n) is 4.95. The van der Waals surface area contributed by atoms with Gasteiger partial charge in [-0.3, -0.25) is 10.1 Å². The highest BCUT2D eigenvalue weighted by atomic mass is 79.9. The molecule has 148 valence electrons. The zero-order valence-corrected chi connectivity index (χ0v) is 17.0. The number of methoxy groups -OCH3 is 2. The van der Waals surface area contributed by atoms with Crippen LogP contribution < -0.4 is 14.8 Å². The fourth-order valence-electron chi connectivity index (χ4n) is 1.91. The van der Waals surface area contributed by atoms with Crippen LogP contribution in [0.1, 0.15) is 5.56 Å². The van der Waals surface area contributed by atoms with E-state index < -0.39 is 24.5 Å². The number of carboxylic acids is 1. The number of hydrogen-bond donors (Lipinski definition) is 2. The molecule has 1 aromatic rings. The minimum atomic E-state index is -1.15. The summed E-state index contributed by atoms with van der Waals surface area (Å²) in [5.41, 5.74) is 0.400. The third-order valence-corrected chi connectivity index (χ3v) is 4.41. The summed E-state index contributed by atoms with van der Waals surface area (Å²) in [6, 6.07) is 3.24. The van der Waals surface area contributed by atoms with Gasteiger partial charge in [-0.15, -0.1) is 5.10 Å². The zero-order valence-electron chi connectivity index (χ0n) is 14.6. The summed E-state index contributed by atoms with van der Waals surface area (Å²) in [6.45, 7) is -0.569. The van der Waals surface area contributed by atoms with E-state index in [0.717, 1.165) is 17.8 Å². The number of esters is 1. The van der Waals surface area contributed by atoms with Crippen LogP contribution in [0.5, 0.6) is 11.5 Å². The van der Waals surface area contributed by atoms with Crippen molar-refractivity contribution in [2.24, 2.45) is 10.2 Å². The monoisotopic (exact) mass is 471 g/mol. The van der Waals surface area contributed by atoms with Crippen LogP contribution >= 0.6 is 27.7 Å². The molecule has 0 saturated carbocycles. The van der Waals surface area contributed by atoms with E-state index in [4.69, 9.17) is 14.6 Å². The van der Waals surface area contributed by atoms with Crippen LogP contribution in [0.4, 0.5) is 0 Å². The van der Waals surface area contributed by atoms with E-state index in [-0.39, 0.29) is 15.8 Å². The first-order valence-electron chi connectivity index (χ1n) is 7.46. The van der Waals surface area contributed by atoms with Crippen LogP contribution in [0.2, 0.25) is 0 Å². The molecule has 1 fully saturated rings. The Kier molecular flexibility index (Phi) is 7.58. The number of amidine groups is 1. The molecule has 1 aliphatic rings. The molecule has 1 saturated heterocycles. The van der Waals surface area contributed by atoms with Crippen molar-refractivity contribution in [1.82, 2.24) is 5.32 Å². The Bertz CT molecular complexity index is 898. The number of amides is 1. The summed E-state index contributed by atoms with van der Waals surface area (Å²) < 4.78 is 15.6. The molecule has 28 heavy (non-hydrogen) atoms. The molecular formula is C16H14BrN3O7S. The number of thioether (sulfide) groups is 1. The Hall–Kier alpha value is -2.86.